The Bertz CT molecular complexity index is 228. The van der Waals surface area contributed by atoms with Crippen molar-refractivity contribution in [1.82, 2.24) is 15.5 Å². The summed E-state index contributed by atoms with van der Waals surface area (Å²) >= 11 is 0. The first-order valence-corrected chi connectivity index (χ1v) is 6.56. The van der Waals surface area contributed by atoms with Crippen molar-refractivity contribution in [3.63, 3.8) is 0 Å². The second kappa shape index (κ2) is 7.63. The molecule has 0 aromatic rings. The lowest BCUT2D eigenvalue weighted by Crippen LogP contribution is -2.42. The quantitative estimate of drug-likeness (QED) is 0.513. The van der Waals surface area contributed by atoms with Gasteiger partial charge < -0.3 is 20.6 Å². The molecule has 1 unspecified atom stereocenters. The van der Waals surface area contributed by atoms with Gasteiger partial charge in [0.15, 0.2) is 0 Å². The Kier molecular flexibility index (Phi) is 6.47. The minimum atomic E-state index is -0.413. The van der Waals surface area contributed by atoms with Gasteiger partial charge in [0.2, 0.25) is 5.91 Å². The van der Waals surface area contributed by atoms with E-state index in [-0.39, 0.29) is 5.91 Å². The van der Waals surface area contributed by atoms with Gasteiger partial charge in [0.1, 0.15) is 0 Å². The second-order valence-corrected chi connectivity index (χ2v) is 4.61. The van der Waals surface area contributed by atoms with Crippen LogP contribution in [0.25, 0.3) is 0 Å². The molecule has 3 N–H and O–H groups in total. The molecule has 1 rings (SSSR count). The Morgan fingerprint density at radius 1 is 1.41 bits per heavy atom. The number of nitrogens with one attached hydrogen (secondary N) is 2. The fourth-order valence-electron chi connectivity index (χ4n) is 1.70. The van der Waals surface area contributed by atoms with Crippen LogP contribution in [0.3, 0.4) is 0 Å². The number of likely N-dealkylation sites (N-methyl/N-ethyl adjacent to an activating group) is 1. The SMILES string of the molecule is CCN(CC)CC(O)CNCC(=O)NC1CC1. The van der Waals surface area contributed by atoms with Gasteiger partial charge in [-0.1, -0.05) is 13.8 Å². The topological polar surface area (TPSA) is 64.6 Å². The maximum absolute atomic E-state index is 11.3. The van der Waals surface area contributed by atoms with Gasteiger partial charge in [0.05, 0.1) is 12.6 Å². The van der Waals surface area contributed by atoms with E-state index in [4.69, 9.17) is 0 Å². The van der Waals surface area contributed by atoms with Gasteiger partial charge in [-0.15, -0.1) is 0 Å². The summed E-state index contributed by atoms with van der Waals surface area (Å²) in [5, 5.41) is 15.6. The summed E-state index contributed by atoms with van der Waals surface area (Å²) < 4.78 is 0. The molecule has 0 spiro atoms. The third-order valence-corrected chi connectivity index (χ3v) is 2.97. The number of aliphatic hydroxyl groups is 1. The molecule has 0 saturated heterocycles. The molecule has 5 nitrogen and oxygen atoms in total. The lowest BCUT2D eigenvalue weighted by molar-refractivity contribution is -0.120. The van der Waals surface area contributed by atoms with Gasteiger partial charge in [0.25, 0.3) is 0 Å². The van der Waals surface area contributed by atoms with Crippen LogP contribution in [0.2, 0.25) is 0 Å². The van der Waals surface area contributed by atoms with Gasteiger partial charge in [-0.2, -0.15) is 0 Å². The van der Waals surface area contributed by atoms with E-state index in [1.807, 2.05) is 0 Å². The average molecular weight is 243 g/mol. The molecular formula is C12H25N3O2. The van der Waals surface area contributed by atoms with Gasteiger partial charge >= 0.3 is 0 Å². The van der Waals surface area contributed by atoms with Gasteiger partial charge in [-0.3, -0.25) is 4.79 Å². The van der Waals surface area contributed by atoms with E-state index in [1.165, 1.54) is 0 Å². The summed E-state index contributed by atoms with van der Waals surface area (Å²) in [7, 11) is 0. The molecule has 0 aliphatic heterocycles. The van der Waals surface area contributed by atoms with Crippen molar-refractivity contribution in [1.29, 1.82) is 0 Å². The van der Waals surface area contributed by atoms with Crippen molar-refractivity contribution in [2.24, 2.45) is 0 Å². The molecule has 1 aliphatic carbocycles. The van der Waals surface area contributed by atoms with Gasteiger partial charge in [0, 0.05) is 19.1 Å². The number of carbonyl (C=O) groups excluding carboxylic acids is 1. The van der Waals surface area contributed by atoms with Crippen molar-refractivity contribution < 1.29 is 9.90 Å². The molecule has 1 fully saturated rings. The highest BCUT2D eigenvalue weighted by Gasteiger charge is 2.22. The first kappa shape index (κ1) is 14.4. The smallest absolute Gasteiger partial charge is 0.234 e. The number of nitrogens with zero attached hydrogens (tertiary/aromatic N) is 1. The van der Waals surface area contributed by atoms with E-state index in [0.29, 0.717) is 25.7 Å². The minimum Gasteiger partial charge on any atom is -0.390 e. The Morgan fingerprint density at radius 3 is 2.59 bits per heavy atom. The summed E-state index contributed by atoms with van der Waals surface area (Å²) in [5.74, 6) is 0.0301. The van der Waals surface area contributed by atoms with Crippen LogP contribution in [0.4, 0.5) is 0 Å². The molecule has 0 aromatic heterocycles. The van der Waals surface area contributed by atoms with E-state index in [9.17, 15) is 9.90 Å². The molecule has 0 bridgehead atoms. The molecule has 1 aliphatic rings. The maximum atomic E-state index is 11.3. The molecular weight excluding hydrogens is 218 g/mol. The first-order chi connectivity index (χ1) is 8.15. The molecule has 0 radical (unpaired) electrons. The fraction of sp³-hybridized carbons (Fsp3) is 0.917. The molecule has 1 saturated carbocycles. The molecule has 100 valence electrons. The van der Waals surface area contributed by atoms with Crippen molar-refractivity contribution in [2.75, 3.05) is 32.7 Å². The van der Waals surface area contributed by atoms with E-state index in [1.54, 1.807) is 0 Å². The predicted molar refractivity (Wildman–Crippen MR) is 67.8 cm³/mol. The Balaban J connectivity index is 2.01. The molecule has 0 aromatic carbocycles. The zero-order valence-electron chi connectivity index (χ0n) is 10.9. The highest BCUT2D eigenvalue weighted by molar-refractivity contribution is 5.78. The molecule has 5 heteroatoms. The number of rotatable bonds is 9. The standard InChI is InChI=1S/C12H25N3O2/c1-3-15(4-2)9-11(16)7-13-8-12(17)14-10-5-6-10/h10-11,13,16H,3-9H2,1-2H3,(H,14,17). The summed E-state index contributed by atoms with van der Waals surface area (Å²) in [4.78, 5) is 13.5. The second-order valence-electron chi connectivity index (χ2n) is 4.61. The average Bonchev–Trinajstić information content (AvgIpc) is 3.09. The number of carbonyl (C=O) groups is 1. The number of hydrogen-bond donors (Lipinski definition) is 3. The Hall–Kier alpha value is -0.650. The zero-order valence-corrected chi connectivity index (χ0v) is 10.9. The van der Waals surface area contributed by atoms with Crippen molar-refractivity contribution in [3.05, 3.63) is 0 Å². The van der Waals surface area contributed by atoms with E-state index >= 15 is 0 Å². The van der Waals surface area contributed by atoms with Crippen molar-refractivity contribution in [2.45, 2.75) is 38.8 Å². The molecule has 17 heavy (non-hydrogen) atoms. The predicted octanol–water partition coefficient (Wildman–Crippen LogP) is -0.443. The Labute approximate surface area is 104 Å². The van der Waals surface area contributed by atoms with E-state index < -0.39 is 6.10 Å². The highest BCUT2D eigenvalue weighted by Crippen LogP contribution is 2.18. The monoisotopic (exact) mass is 243 g/mol. The summed E-state index contributed by atoms with van der Waals surface area (Å²) in [6, 6.07) is 0.407. The fourth-order valence-corrected chi connectivity index (χ4v) is 1.70. The molecule has 1 atom stereocenters. The number of amides is 1. The van der Waals surface area contributed by atoms with Crippen LogP contribution in [-0.4, -0.2) is 60.8 Å². The number of hydrogen-bond acceptors (Lipinski definition) is 4. The van der Waals surface area contributed by atoms with Crippen LogP contribution < -0.4 is 10.6 Å². The Morgan fingerprint density at radius 2 is 2.06 bits per heavy atom. The maximum Gasteiger partial charge on any atom is 0.234 e. The lowest BCUT2D eigenvalue weighted by atomic mass is 10.3. The van der Waals surface area contributed by atoms with Gasteiger partial charge in [-0.05, 0) is 25.9 Å². The molecule has 1 amide bonds. The van der Waals surface area contributed by atoms with Crippen LogP contribution in [0.1, 0.15) is 26.7 Å². The summed E-state index contributed by atoms with van der Waals surface area (Å²) in [6.45, 7) is 7.45. The van der Waals surface area contributed by atoms with Crippen LogP contribution >= 0.6 is 0 Å². The summed E-state index contributed by atoms with van der Waals surface area (Å²) in [5.41, 5.74) is 0. The highest BCUT2D eigenvalue weighted by atomic mass is 16.3. The van der Waals surface area contributed by atoms with Crippen molar-refractivity contribution in [3.8, 4) is 0 Å². The third kappa shape index (κ3) is 6.61. The third-order valence-electron chi connectivity index (χ3n) is 2.97. The number of aliphatic hydroxyl groups excluding tert-OH is 1. The first-order valence-electron chi connectivity index (χ1n) is 6.56. The van der Waals surface area contributed by atoms with Crippen LogP contribution in [0.5, 0.6) is 0 Å². The zero-order chi connectivity index (χ0) is 12.7. The largest absolute Gasteiger partial charge is 0.390 e. The normalized spacial score (nSPS) is 17.2. The van der Waals surface area contributed by atoms with Crippen LogP contribution in [0, 0.1) is 0 Å². The summed E-state index contributed by atoms with van der Waals surface area (Å²) in [6.07, 6.45) is 1.80. The van der Waals surface area contributed by atoms with E-state index in [2.05, 4.69) is 29.4 Å². The molecule has 0 heterocycles. The van der Waals surface area contributed by atoms with Crippen molar-refractivity contribution >= 4 is 5.91 Å². The van der Waals surface area contributed by atoms with Crippen LogP contribution in [0.15, 0.2) is 0 Å². The minimum absolute atomic E-state index is 0.0301. The van der Waals surface area contributed by atoms with Crippen LogP contribution in [-0.2, 0) is 4.79 Å². The van der Waals surface area contributed by atoms with E-state index in [0.717, 1.165) is 25.9 Å². The van der Waals surface area contributed by atoms with Gasteiger partial charge in [-0.25, -0.2) is 0 Å². The lowest BCUT2D eigenvalue weighted by Gasteiger charge is -2.21.